The van der Waals surface area contributed by atoms with E-state index in [9.17, 15) is 19.1 Å². The van der Waals surface area contributed by atoms with Gasteiger partial charge in [0.15, 0.2) is 0 Å². The van der Waals surface area contributed by atoms with Gasteiger partial charge < -0.3 is 15.0 Å². The Morgan fingerprint density at radius 1 is 1.17 bits per heavy atom. The average Bonchev–Trinajstić information content (AvgIpc) is 2.57. The quantitative estimate of drug-likeness (QED) is 0.852. The number of hydrogen-bond acceptors (Lipinski definition) is 3. The van der Waals surface area contributed by atoms with E-state index in [0.29, 0.717) is 11.3 Å². The van der Waals surface area contributed by atoms with Gasteiger partial charge >= 0.3 is 6.09 Å². The molecule has 0 bridgehead atoms. The maximum Gasteiger partial charge on any atom is 0.412 e. The number of aromatic amines is 1. The fourth-order valence-electron chi connectivity index (χ4n) is 2.47. The van der Waals surface area contributed by atoms with Gasteiger partial charge in [-0.1, -0.05) is 0 Å². The van der Waals surface area contributed by atoms with Gasteiger partial charge in [0.25, 0.3) is 5.56 Å². The summed E-state index contributed by atoms with van der Waals surface area (Å²) in [6.45, 7) is 5.41. The third-order valence-electron chi connectivity index (χ3n) is 3.79. The molecule has 6 nitrogen and oxygen atoms in total. The second kappa shape index (κ2) is 7.63. The lowest BCUT2D eigenvalue weighted by Crippen LogP contribution is -2.32. The summed E-state index contributed by atoms with van der Waals surface area (Å²) in [4.78, 5) is 29.3. The second-order valence-electron chi connectivity index (χ2n) is 5.23. The highest BCUT2D eigenvalue weighted by atomic mass is 19.1. The van der Waals surface area contributed by atoms with Crippen molar-refractivity contribution in [2.45, 2.75) is 20.4 Å². The molecule has 1 aromatic carbocycles. The van der Waals surface area contributed by atoms with Crippen molar-refractivity contribution in [2.75, 3.05) is 22.9 Å². The Kier molecular flexibility index (Phi) is 5.57. The number of aromatic nitrogens is 1. The zero-order chi connectivity index (χ0) is 17.7. The minimum atomic E-state index is -1.21. The summed E-state index contributed by atoms with van der Waals surface area (Å²) in [5.41, 5.74) is 1.10. The van der Waals surface area contributed by atoms with Crippen molar-refractivity contribution < 1.29 is 14.3 Å². The number of carbonyl (C=O) groups is 1. The van der Waals surface area contributed by atoms with Crippen LogP contribution in [-0.4, -0.2) is 29.3 Å². The number of amides is 1. The topological polar surface area (TPSA) is 76.6 Å². The monoisotopic (exact) mass is 333 g/mol. The van der Waals surface area contributed by atoms with Gasteiger partial charge in [-0.25, -0.2) is 9.18 Å². The Labute approximate surface area is 139 Å². The summed E-state index contributed by atoms with van der Waals surface area (Å²) >= 11 is 0. The third-order valence-corrected chi connectivity index (χ3v) is 3.79. The van der Waals surface area contributed by atoms with Crippen LogP contribution in [0.2, 0.25) is 0 Å². The van der Waals surface area contributed by atoms with Crippen molar-refractivity contribution in [2.24, 2.45) is 0 Å². The standard InChI is InChI=1S/C17H20FN3O3/c1-3-20(4-2)15-9-12(16(22)19-10-15)11-21(17(23)24)14-7-5-13(18)6-8-14/h5-10H,3-4,11H2,1-2H3,(H,19,22)(H,23,24). The second-order valence-corrected chi connectivity index (χ2v) is 5.23. The number of H-pyrrole nitrogens is 1. The molecular weight excluding hydrogens is 313 g/mol. The molecule has 0 radical (unpaired) electrons. The molecule has 24 heavy (non-hydrogen) atoms. The maximum atomic E-state index is 13.0. The van der Waals surface area contributed by atoms with Crippen molar-refractivity contribution in [1.82, 2.24) is 4.98 Å². The van der Waals surface area contributed by atoms with Crippen LogP contribution in [0.3, 0.4) is 0 Å². The normalized spacial score (nSPS) is 10.5. The van der Waals surface area contributed by atoms with Gasteiger partial charge in [0.05, 0.1) is 12.2 Å². The predicted octanol–water partition coefficient (Wildman–Crippen LogP) is 3.04. The van der Waals surface area contributed by atoms with Gasteiger partial charge in [0.2, 0.25) is 0 Å². The van der Waals surface area contributed by atoms with Gasteiger partial charge in [-0.05, 0) is 44.2 Å². The van der Waals surface area contributed by atoms with Crippen LogP contribution in [0.5, 0.6) is 0 Å². The van der Waals surface area contributed by atoms with Crippen molar-refractivity contribution in [3.05, 3.63) is 58.3 Å². The lowest BCUT2D eigenvalue weighted by Gasteiger charge is -2.23. The van der Waals surface area contributed by atoms with E-state index in [1.54, 1.807) is 12.3 Å². The van der Waals surface area contributed by atoms with Crippen LogP contribution in [0.25, 0.3) is 0 Å². The lowest BCUT2D eigenvalue weighted by atomic mass is 10.2. The molecule has 0 aliphatic rings. The molecule has 0 fully saturated rings. The molecule has 1 aromatic heterocycles. The number of pyridine rings is 1. The average molecular weight is 333 g/mol. The highest BCUT2D eigenvalue weighted by molar-refractivity contribution is 5.85. The van der Waals surface area contributed by atoms with Gasteiger partial charge in [0.1, 0.15) is 5.82 Å². The molecular formula is C17H20FN3O3. The fraction of sp³-hybridized carbons (Fsp3) is 0.294. The van der Waals surface area contributed by atoms with Crippen molar-refractivity contribution in [1.29, 1.82) is 0 Å². The molecule has 0 aliphatic heterocycles. The maximum absolute atomic E-state index is 13.0. The molecule has 0 unspecified atom stereocenters. The van der Waals surface area contributed by atoms with Crippen LogP contribution in [0.15, 0.2) is 41.3 Å². The molecule has 7 heteroatoms. The number of nitrogens with one attached hydrogen (secondary N) is 1. The van der Waals surface area contributed by atoms with Crippen LogP contribution in [0.1, 0.15) is 19.4 Å². The molecule has 1 amide bonds. The highest BCUT2D eigenvalue weighted by Gasteiger charge is 2.17. The van der Waals surface area contributed by atoms with E-state index >= 15 is 0 Å². The highest BCUT2D eigenvalue weighted by Crippen LogP contribution is 2.19. The van der Waals surface area contributed by atoms with Crippen LogP contribution < -0.4 is 15.4 Å². The van der Waals surface area contributed by atoms with E-state index in [2.05, 4.69) is 4.98 Å². The number of nitrogens with zero attached hydrogens (tertiary/aromatic N) is 2. The van der Waals surface area contributed by atoms with Gasteiger partial charge in [-0.15, -0.1) is 0 Å². The van der Waals surface area contributed by atoms with Crippen molar-refractivity contribution in [3.8, 4) is 0 Å². The van der Waals surface area contributed by atoms with Crippen LogP contribution >= 0.6 is 0 Å². The Morgan fingerprint density at radius 2 is 1.79 bits per heavy atom. The molecule has 0 saturated heterocycles. The molecule has 128 valence electrons. The van der Waals surface area contributed by atoms with E-state index in [-0.39, 0.29) is 12.1 Å². The summed E-state index contributed by atoms with van der Waals surface area (Å²) < 4.78 is 13.0. The molecule has 1 heterocycles. The first-order valence-corrected chi connectivity index (χ1v) is 7.68. The first-order chi connectivity index (χ1) is 11.5. The summed E-state index contributed by atoms with van der Waals surface area (Å²) in [5.74, 6) is -0.453. The number of carboxylic acid groups (broad SMARTS) is 1. The summed E-state index contributed by atoms with van der Waals surface area (Å²) in [5, 5.41) is 9.43. The number of rotatable bonds is 6. The summed E-state index contributed by atoms with van der Waals surface area (Å²) in [7, 11) is 0. The fourth-order valence-corrected chi connectivity index (χ4v) is 2.47. The minimum Gasteiger partial charge on any atom is -0.465 e. The SMILES string of the molecule is CCN(CC)c1c[nH]c(=O)c(CN(C(=O)O)c2ccc(F)cc2)c1. The van der Waals surface area contributed by atoms with Crippen LogP contribution in [0.4, 0.5) is 20.6 Å². The first kappa shape index (κ1) is 17.5. The van der Waals surface area contributed by atoms with Crippen LogP contribution in [-0.2, 0) is 6.54 Å². The predicted molar refractivity (Wildman–Crippen MR) is 91.2 cm³/mol. The van der Waals surface area contributed by atoms with Crippen LogP contribution in [0, 0.1) is 5.82 Å². The molecule has 0 aliphatic carbocycles. The molecule has 2 rings (SSSR count). The largest absolute Gasteiger partial charge is 0.465 e. The third kappa shape index (κ3) is 3.92. The Bertz CT molecular complexity index is 754. The van der Waals surface area contributed by atoms with E-state index in [0.717, 1.165) is 23.7 Å². The zero-order valence-corrected chi connectivity index (χ0v) is 13.6. The molecule has 0 atom stereocenters. The number of benzene rings is 1. The van der Waals surface area contributed by atoms with E-state index in [4.69, 9.17) is 0 Å². The Morgan fingerprint density at radius 3 is 2.33 bits per heavy atom. The molecule has 2 N–H and O–H groups in total. The molecule has 0 saturated carbocycles. The number of hydrogen-bond donors (Lipinski definition) is 2. The number of halogens is 1. The van der Waals surface area contributed by atoms with Gasteiger partial charge in [0, 0.05) is 30.5 Å². The molecule has 2 aromatic rings. The van der Waals surface area contributed by atoms with E-state index in [1.165, 1.54) is 24.3 Å². The van der Waals surface area contributed by atoms with Crippen molar-refractivity contribution >= 4 is 17.5 Å². The van der Waals surface area contributed by atoms with Gasteiger partial charge in [-0.3, -0.25) is 9.69 Å². The number of anilines is 2. The van der Waals surface area contributed by atoms with E-state index < -0.39 is 11.9 Å². The van der Waals surface area contributed by atoms with Crippen molar-refractivity contribution in [3.63, 3.8) is 0 Å². The summed E-state index contributed by atoms with van der Waals surface area (Å²) in [6, 6.07) is 6.78. The Balaban J connectivity index is 2.35. The first-order valence-electron chi connectivity index (χ1n) is 7.68. The van der Waals surface area contributed by atoms with Gasteiger partial charge in [-0.2, -0.15) is 0 Å². The zero-order valence-electron chi connectivity index (χ0n) is 13.6. The lowest BCUT2D eigenvalue weighted by molar-refractivity contribution is 0.201. The minimum absolute atomic E-state index is 0.120. The smallest absolute Gasteiger partial charge is 0.412 e. The molecule has 0 spiro atoms. The van der Waals surface area contributed by atoms with E-state index in [1.807, 2.05) is 18.7 Å². The Hall–Kier alpha value is -2.83. The summed E-state index contributed by atoms with van der Waals surface area (Å²) in [6.07, 6.45) is 0.399.